The molecule has 0 saturated carbocycles. The zero-order valence-electron chi connectivity index (χ0n) is 9.86. The molecule has 1 rings (SSSR count). The number of nitrogens with two attached hydrogens (primary N) is 1. The number of amides is 2. The van der Waals surface area contributed by atoms with Crippen molar-refractivity contribution in [2.24, 2.45) is 17.6 Å². The van der Waals surface area contributed by atoms with Crippen LogP contribution in [0, 0.1) is 11.8 Å². The van der Waals surface area contributed by atoms with Gasteiger partial charge in [-0.2, -0.15) is 0 Å². The molecule has 16 heavy (non-hydrogen) atoms. The molecular formula is C11H20N2O3. The highest BCUT2D eigenvalue weighted by molar-refractivity contribution is 5.87. The normalized spacial score (nSPS) is 22.1. The van der Waals surface area contributed by atoms with E-state index in [2.05, 4.69) is 5.32 Å². The number of hydrogen-bond acceptors (Lipinski definition) is 3. The molecule has 5 heteroatoms. The van der Waals surface area contributed by atoms with Crippen molar-refractivity contribution in [1.82, 2.24) is 5.32 Å². The first-order valence-corrected chi connectivity index (χ1v) is 5.68. The van der Waals surface area contributed by atoms with Gasteiger partial charge in [0.05, 0.1) is 12.5 Å². The van der Waals surface area contributed by atoms with E-state index in [0.717, 1.165) is 6.42 Å². The number of hydrogen-bond donors (Lipinski definition) is 2. The van der Waals surface area contributed by atoms with Crippen LogP contribution in [0.2, 0.25) is 0 Å². The van der Waals surface area contributed by atoms with Crippen LogP contribution in [0.25, 0.3) is 0 Å². The average Bonchev–Trinajstić information content (AvgIpc) is 2.68. The minimum absolute atomic E-state index is 0.123. The standard InChI is InChI=1S/C11H20N2O3/c1-7(2)5-9(10(12)14)13-11(15)8-3-4-16-6-8/h7-9H,3-6H2,1-2H3,(H2,12,14)(H,13,15)/t8-,9+/m0/s1. The van der Waals surface area contributed by atoms with Gasteiger partial charge in [-0.15, -0.1) is 0 Å². The molecule has 0 spiro atoms. The minimum Gasteiger partial charge on any atom is -0.381 e. The van der Waals surface area contributed by atoms with E-state index in [1.807, 2.05) is 13.8 Å². The Kier molecular flexibility index (Phi) is 4.73. The quantitative estimate of drug-likeness (QED) is 0.697. The monoisotopic (exact) mass is 228 g/mol. The van der Waals surface area contributed by atoms with Crippen LogP contribution in [0.5, 0.6) is 0 Å². The summed E-state index contributed by atoms with van der Waals surface area (Å²) in [6.45, 7) is 5.03. The van der Waals surface area contributed by atoms with Gasteiger partial charge in [-0.05, 0) is 18.8 Å². The highest BCUT2D eigenvalue weighted by Gasteiger charge is 2.27. The summed E-state index contributed by atoms with van der Waals surface area (Å²) in [5.74, 6) is -0.408. The molecule has 92 valence electrons. The van der Waals surface area contributed by atoms with Crippen LogP contribution < -0.4 is 11.1 Å². The highest BCUT2D eigenvalue weighted by Crippen LogP contribution is 2.13. The number of rotatable bonds is 5. The topological polar surface area (TPSA) is 81.4 Å². The highest BCUT2D eigenvalue weighted by atomic mass is 16.5. The molecule has 1 aliphatic rings. The van der Waals surface area contributed by atoms with Crippen molar-refractivity contribution >= 4 is 11.8 Å². The molecule has 0 bridgehead atoms. The molecule has 0 aromatic rings. The molecule has 3 N–H and O–H groups in total. The Labute approximate surface area is 95.7 Å². The number of ether oxygens (including phenoxy) is 1. The van der Waals surface area contributed by atoms with E-state index in [9.17, 15) is 9.59 Å². The SMILES string of the molecule is CC(C)C[C@@H](NC(=O)[C@H]1CCOC1)C(N)=O. The molecule has 5 nitrogen and oxygen atoms in total. The second kappa shape index (κ2) is 5.84. The first-order chi connectivity index (χ1) is 7.50. The summed E-state index contributed by atoms with van der Waals surface area (Å²) in [6.07, 6.45) is 1.30. The average molecular weight is 228 g/mol. The van der Waals surface area contributed by atoms with Gasteiger partial charge in [-0.1, -0.05) is 13.8 Å². The van der Waals surface area contributed by atoms with E-state index in [1.54, 1.807) is 0 Å². The van der Waals surface area contributed by atoms with Gasteiger partial charge in [-0.3, -0.25) is 9.59 Å². The smallest absolute Gasteiger partial charge is 0.240 e. The first-order valence-electron chi connectivity index (χ1n) is 5.68. The molecule has 0 unspecified atom stereocenters. The molecule has 1 saturated heterocycles. The molecule has 2 atom stereocenters. The molecule has 0 radical (unpaired) electrons. The van der Waals surface area contributed by atoms with Crippen LogP contribution >= 0.6 is 0 Å². The molecule has 1 aliphatic heterocycles. The first kappa shape index (κ1) is 13.0. The Balaban J connectivity index is 2.47. The van der Waals surface area contributed by atoms with Crippen molar-refractivity contribution in [2.45, 2.75) is 32.7 Å². The van der Waals surface area contributed by atoms with Crippen LogP contribution in [0.3, 0.4) is 0 Å². The van der Waals surface area contributed by atoms with Crippen molar-refractivity contribution in [3.63, 3.8) is 0 Å². The summed E-state index contributed by atoms with van der Waals surface area (Å²) in [6, 6.07) is -0.562. The van der Waals surface area contributed by atoms with Crippen molar-refractivity contribution in [2.75, 3.05) is 13.2 Å². The maximum Gasteiger partial charge on any atom is 0.240 e. The second-order valence-corrected chi connectivity index (χ2v) is 4.65. The molecule has 0 aliphatic carbocycles. The lowest BCUT2D eigenvalue weighted by Crippen LogP contribution is -2.47. The molecule has 1 heterocycles. The number of carbonyl (C=O) groups is 2. The Morgan fingerprint density at radius 2 is 2.19 bits per heavy atom. The third-order valence-corrected chi connectivity index (χ3v) is 2.67. The van der Waals surface area contributed by atoms with Crippen LogP contribution in [-0.2, 0) is 14.3 Å². The van der Waals surface area contributed by atoms with Crippen LogP contribution in [-0.4, -0.2) is 31.1 Å². The Hall–Kier alpha value is -1.10. The van der Waals surface area contributed by atoms with Gasteiger partial charge >= 0.3 is 0 Å². The van der Waals surface area contributed by atoms with Gasteiger partial charge in [0.15, 0.2) is 0 Å². The second-order valence-electron chi connectivity index (χ2n) is 4.65. The van der Waals surface area contributed by atoms with Crippen molar-refractivity contribution in [1.29, 1.82) is 0 Å². The molecular weight excluding hydrogens is 208 g/mol. The molecule has 0 aromatic carbocycles. The number of carbonyl (C=O) groups excluding carboxylic acids is 2. The van der Waals surface area contributed by atoms with Crippen molar-refractivity contribution < 1.29 is 14.3 Å². The van der Waals surface area contributed by atoms with E-state index < -0.39 is 11.9 Å². The summed E-state index contributed by atoms with van der Waals surface area (Å²) >= 11 is 0. The van der Waals surface area contributed by atoms with Crippen LogP contribution in [0.1, 0.15) is 26.7 Å². The minimum atomic E-state index is -0.562. The van der Waals surface area contributed by atoms with Gasteiger partial charge in [0.2, 0.25) is 11.8 Å². The Morgan fingerprint density at radius 1 is 1.50 bits per heavy atom. The summed E-state index contributed by atoms with van der Waals surface area (Å²) in [5, 5.41) is 2.70. The lowest BCUT2D eigenvalue weighted by molar-refractivity contribution is -0.130. The summed E-state index contributed by atoms with van der Waals surface area (Å²) < 4.78 is 5.12. The summed E-state index contributed by atoms with van der Waals surface area (Å²) in [7, 11) is 0. The lowest BCUT2D eigenvalue weighted by atomic mass is 10.0. The van der Waals surface area contributed by atoms with Gasteiger partial charge in [-0.25, -0.2) is 0 Å². The van der Waals surface area contributed by atoms with E-state index in [-0.39, 0.29) is 11.8 Å². The largest absolute Gasteiger partial charge is 0.381 e. The van der Waals surface area contributed by atoms with Gasteiger partial charge in [0.25, 0.3) is 0 Å². The molecule has 1 fully saturated rings. The van der Waals surface area contributed by atoms with Gasteiger partial charge in [0.1, 0.15) is 6.04 Å². The summed E-state index contributed by atoms with van der Waals surface area (Å²) in [5.41, 5.74) is 5.25. The van der Waals surface area contributed by atoms with Crippen LogP contribution in [0.15, 0.2) is 0 Å². The molecule has 0 aromatic heterocycles. The van der Waals surface area contributed by atoms with Crippen molar-refractivity contribution in [3.8, 4) is 0 Å². The lowest BCUT2D eigenvalue weighted by Gasteiger charge is -2.19. The number of nitrogens with one attached hydrogen (secondary N) is 1. The maximum absolute atomic E-state index is 11.7. The third kappa shape index (κ3) is 3.81. The van der Waals surface area contributed by atoms with E-state index in [1.165, 1.54) is 0 Å². The molecule has 2 amide bonds. The van der Waals surface area contributed by atoms with E-state index in [0.29, 0.717) is 25.6 Å². The zero-order valence-corrected chi connectivity index (χ0v) is 9.86. The van der Waals surface area contributed by atoms with E-state index >= 15 is 0 Å². The van der Waals surface area contributed by atoms with Gasteiger partial charge < -0.3 is 15.8 Å². The van der Waals surface area contributed by atoms with Crippen molar-refractivity contribution in [3.05, 3.63) is 0 Å². The van der Waals surface area contributed by atoms with E-state index in [4.69, 9.17) is 10.5 Å². The van der Waals surface area contributed by atoms with Gasteiger partial charge in [0, 0.05) is 6.61 Å². The maximum atomic E-state index is 11.7. The number of primary amides is 1. The fourth-order valence-electron chi connectivity index (χ4n) is 1.75. The fourth-order valence-corrected chi connectivity index (χ4v) is 1.75. The Bertz CT molecular complexity index is 260. The zero-order chi connectivity index (χ0) is 12.1. The third-order valence-electron chi connectivity index (χ3n) is 2.67. The Morgan fingerprint density at radius 3 is 2.62 bits per heavy atom. The fraction of sp³-hybridized carbons (Fsp3) is 0.818. The summed E-state index contributed by atoms with van der Waals surface area (Å²) in [4.78, 5) is 22.9. The predicted octanol–water partition coefficient (Wildman–Crippen LogP) is 0.0391. The predicted molar refractivity (Wildman–Crippen MR) is 59.5 cm³/mol. The van der Waals surface area contributed by atoms with Crippen LogP contribution in [0.4, 0.5) is 0 Å².